The Kier molecular flexibility index (Phi) is 2.86. The van der Waals surface area contributed by atoms with Crippen LogP contribution in [0.3, 0.4) is 0 Å². The summed E-state index contributed by atoms with van der Waals surface area (Å²) in [6, 6.07) is 10.4. The number of benzene rings is 1. The molecule has 15 heavy (non-hydrogen) atoms. The van der Waals surface area contributed by atoms with Crippen LogP contribution in [0, 0.1) is 0 Å². The normalized spacial score (nSPS) is 21.5. The predicted molar refractivity (Wildman–Crippen MR) is 61.3 cm³/mol. The van der Waals surface area contributed by atoms with Gasteiger partial charge < -0.3 is 4.90 Å². The molecule has 1 heterocycles. The number of rotatable bonds is 2. The van der Waals surface area contributed by atoms with Crippen LogP contribution >= 0.6 is 0 Å². The zero-order valence-corrected chi connectivity index (χ0v) is 8.89. The highest BCUT2D eigenvalue weighted by molar-refractivity contribution is 5.79. The van der Waals surface area contributed by atoms with Gasteiger partial charge in [-0.05, 0) is 12.0 Å². The molecule has 1 aliphatic heterocycles. The van der Waals surface area contributed by atoms with Gasteiger partial charge in [0.25, 0.3) is 0 Å². The van der Waals surface area contributed by atoms with Crippen molar-refractivity contribution >= 4 is 12.0 Å². The van der Waals surface area contributed by atoms with Crippen LogP contribution in [0.15, 0.2) is 36.4 Å². The summed E-state index contributed by atoms with van der Waals surface area (Å²) >= 11 is 0. The molecule has 0 N–H and O–H groups in total. The third-order valence-electron chi connectivity index (χ3n) is 2.86. The zero-order chi connectivity index (χ0) is 10.7. The van der Waals surface area contributed by atoms with Crippen molar-refractivity contribution in [1.82, 2.24) is 4.90 Å². The maximum atomic E-state index is 11.3. The van der Waals surface area contributed by atoms with Gasteiger partial charge in [-0.2, -0.15) is 0 Å². The summed E-state index contributed by atoms with van der Waals surface area (Å²) in [6.07, 6.45) is 5.82. The number of carbonyl (C=O) groups excluding carboxylic acids is 1. The van der Waals surface area contributed by atoms with Crippen LogP contribution < -0.4 is 0 Å². The van der Waals surface area contributed by atoms with E-state index in [9.17, 15) is 4.79 Å². The molecule has 0 aromatic heterocycles. The first-order valence-corrected chi connectivity index (χ1v) is 5.26. The molecule has 1 fully saturated rings. The Balaban J connectivity index is 2.04. The van der Waals surface area contributed by atoms with E-state index >= 15 is 0 Å². The van der Waals surface area contributed by atoms with E-state index in [0.717, 1.165) is 6.42 Å². The van der Waals surface area contributed by atoms with Gasteiger partial charge in [0.15, 0.2) is 0 Å². The highest BCUT2D eigenvalue weighted by Crippen LogP contribution is 2.18. The number of hydrogen-bond acceptors (Lipinski definition) is 1. The number of amides is 1. The molecule has 0 bridgehead atoms. The molecule has 0 spiro atoms. The second kappa shape index (κ2) is 4.30. The Morgan fingerprint density at radius 1 is 1.33 bits per heavy atom. The second-order valence-corrected chi connectivity index (χ2v) is 3.88. The lowest BCUT2D eigenvalue weighted by molar-refractivity contribution is -0.127. The fraction of sp³-hybridized carbons (Fsp3) is 0.308. The standard InChI is InChI=1S/C13H15NO/c1-14-12(9-10-13(14)15)8-7-11-5-3-2-4-6-11/h2-8,12H,9-10H2,1H3/b8-7+. The first-order chi connectivity index (χ1) is 7.27. The molecule has 0 radical (unpaired) electrons. The lowest BCUT2D eigenvalue weighted by Gasteiger charge is -2.15. The van der Waals surface area contributed by atoms with Gasteiger partial charge in [-0.3, -0.25) is 4.79 Å². The molecule has 0 aliphatic carbocycles. The van der Waals surface area contributed by atoms with Crippen molar-refractivity contribution in [3.63, 3.8) is 0 Å². The minimum absolute atomic E-state index is 0.248. The summed E-state index contributed by atoms with van der Waals surface area (Å²) in [4.78, 5) is 13.1. The summed E-state index contributed by atoms with van der Waals surface area (Å²) in [7, 11) is 1.87. The lowest BCUT2D eigenvalue weighted by Crippen LogP contribution is -2.26. The summed E-state index contributed by atoms with van der Waals surface area (Å²) < 4.78 is 0. The smallest absolute Gasteiger partial charge is 0.222 e. The van der Waals surface area contributed by atoms with Crippen LogP contribution in [-0.2, 0) is 4.79 Å². The van der Waals surface area contributed by atoms with Crippen molar-refractivity contribution in [2.24, 2.45) is 0 Å². The van der Waals surface area contributed by atoms with Gasteiger partial charge in [0.05, 0.1) is 6.04 Å². The second-order valence-electron chi connectivity index (χ2n) is 3.88. The number of nitrogens with zero attached hydrogens (tertiary/aromatic N) is 1. The van der Waals surface area contributed by atoms with Crippen molar-refractivity contribution in [2.45, 2.75) is 18.9 Å². The summed E-state index contributed by atoms with van der Waals surface area (Å²) in [5, 5.41) is 0. The fourth-order valence-electron chi connectivity index (χ4n) is 1.84. The van der Waals surface area contributed by atoms with Gasteiger partial charge in [0.2, 0.25) is 5.91 Å². The van der Waals surface area contributed by atoms with Crippen molar-refractivity contribution in [1.29, 1.82) is 0 Å². The van der Waals surface area contributed by atoms with Crippen LogP contribution in [0.25, 0.3) is 6.08 Å². The van der Waals surface area contributed by atoms with Crippen LogP contribution in [0.2, 0.25) is 0 Å². The van der Waals surface area contributed by atoms with Crippen molar-refractivity contribution < 1.29 is 4.79 Å². The van der Waals surface area contributed by atoms with Gasteiger partial charge in [0, 0.05) is 13.5 Å². The molecule has 0 saturated carbocycles. The van der Waals surface area contributed by atoms with Crippen molar-refractivity contribution in [2.75, 3.05) is 7.05 Å². The summed E-state index contributed by atoms with van der Waals surface area (Å²) in [5.41, 5.74) is 1.19. The van der Waals surface area contributed by atoms with Gasteiger partial charge in [0.1, 0.15) is 0 Å². The van der Waals surface area contributed by atoms with E-state index in [2.05, 4.69) is 24.3 Å². The van der Waals surface area contributed by atoms with E-state index < -0.39 is 0 Å². The van der Waals surface area contributed by atoms with E-state index in [1.165, 1.54) is 5.56 Å². The maximum absolute atomic E-state index is 11.3. The quantitative estimate of drug-likeness (QED) is 0.719. The maximum Gasteiger partial charge on any atom is 0.222 e. The third-order valence-corrected chi connectivity index (χ3v) is 2.86. The monoisotopic (exact) mass is 201 g/mol. The number of likely N-dealkylation sites (tertiary alicyclic amines) is 1. The van der Waals surface area contributed by atoms with Crippen LogP contribution in [-0.4, -0.2) is 23.9 Å². The minimum Gasteiger partial charge on any atom is -0.339 e. The minimum atomic E-state index is 0.248. The molecular weight excluding hydrogens is 186 g/mol. The molecule has 1 saturated heterocycles. The van der Waals surface area contributed by atoms with Crippen molar-refractivity contribution in [3.8, 4) is 0 Å². The lowest BCUT2D eigenvalue weighted by atomic mass is 10.1. The van der Waals surface area contributed by atoms with E-state index in [-0.39, 0.29) is 11.9 Å². The summed E-state index contributed by atoms with van der Waals surface area (Å²) in [6.45, 7) is 0. The average Bonchev–Trinajstić information content (AvgIpc) is 2.59. The molecule has 1 atom stereocenters. The van der Waals surface area contributed by atoms with Gasteiger partial charge in [-0.1, -0.05) is 42.5 Å². The molecule has 2 nitrogen and oxygen atoms in total. The average molecular weight is 201 g/mol. The van der Waals surface area contributed by atoms with Gasteiger partial charge in [-0.15, -0.1) is 0 Å². The van der Waals surface area contributed by atoms with Crippen LogP contribution in [0.4, 0.5) is 0 Å². The molecule has 78 valence electrons. The highest BCUT2D eigenvalue weighted by atomic mass is 16.2. The summed E-state index contributed by atoms with van der Waals surface area (Å²) in [5.74, 6) is 0.248. The number of likely N-dealkylation sites (N-methyl/N-ethyl adjacent to an activating group) is 1. The molecule has 1 aliphatic rings. The molecule has 2 heteroatoms. The van der Waals surface area contributed by atoms with Crippen molar-refractivity contribution in [3.05, 3.63) is 42.0 Å². The molecule has 2 rings (SSSR count). The fourth-order valence-corrected chi connectivity index (χ4v) is 1.84. The van der Waals surface area contributed by atoms with E-state index in [0.29, 0.717) is 6.42 Å². The van der Waals surface area contributed by atoms with E-state index in [4.69, 9.17) is 0 Å². The molecule has 1 unspecified atom stereocenters. The molecule has 1 amide bonds. The molecular formula is C13H15NO. The Morgan fingerprint density at radius 3 is 2.67 bits per heavy atom. The third kappa shape index (κ3) is 2.27. The van der Waals surface area contributed by atoms with Crippen LogP contribution in [0.1, 0.15) is 18.4 Å². The zero-order valence-electron chi connectivity index (χ0n) is 8.89. The predicted octanol–water partition coefficient (Wildman–Crippen LogP) is 2.32. The Morgan fingerprint density at radius 2 is 2.07 bits per heavy atom. The first-order valence-electron chi connectivity index (χ1n) is 5.26. The van der Waals surface area contributed by atoms with E-state index in [1.807, 2.05) is 30.1 Å². The number of carbonyl (C=O) groups is 1. The molecule has 1 aromatic rings. The van der Waals surface area contributed by atoms with Crippen LogP contribution in [0.5, 0.6) is 0 Å². The van der Waals surface area contributed by atoms with Gasteiger partial charge in [-0.25, -0.2) is 0 Å². The van der Waals surface area contributed by atoms with Gasteiger partial charge >= 0.3 is 0 Å². The first kappa shape index (κ1) is 9.97. The Hall–Kier alpha value is -1.57. The topological polar surface area (TPSA) is 20.3 Å². The number of hydrogen-bond donors (Lipinski definition) is 0. The molecule has 1 aromatic carbocycles. The SMILES string of the molecule is CN1C(=O)CCC1/C=C/c1ccccc1. The Bertz CT molecular complexity index is 369. The Labute approximate surface area is 90.2 Å². The highest BCUT2D eigenvalue weighted by Gasteiger charge is 2.24. The largest absolute Gasteiger partial charge is 0.339 e. The van der Waals surface area contributed by atoms with E-state index in [1.54, 1.807) is 0 Å².